The summed E-state index contributed by atoms with van der Waals surface area (Å²) in [5, 5.41) is 9.96. The Morgan fingerprint density at radius 2 is 1.20 bits per heavy atom. The van der Waals surface area contributed by atoms with Gasteiger partial charge in [-0.1, -0.05) is 60.4 Å². The summed E-state index contributed by atoms with van der Waals surface area (Å²) in [6.45, 7) is 3.38. The lowest BCUT2D eigenvalue weighted by Crippen LogP contribution is -2.15. The predicted octanol–water partition coefficient (Wildman–Crippen LogP) is 5.28. The molecule has 0 spiro atoms. The van der Waals surface area contributed by atoms with Crippen molar-refractivity contribution < 1.29 is 5.11 Å². The van der Waals surface area contributed by atoms with Gasteiger partial charge in [-0.2, -0.15) is 0 Å². The molecule has 124 valence electrons. The molecule has 2 heteroatoms. The molecule has 0 fully saturated rings. The van der Waals surface area contributed by atoms with Gasteiger partial charge >= 0.3 is 0 Å². The van der Waals surface area contributed by atoms with Crippen LogP contribution in [0.25, 0.3) is 0 Å². The minimum absolute atomic E-state index is 0.873. The summed E-state index contributed by atoms with van der Waals surface area (Å²) in [6.07, 6.45) is 0. The van der Waals surface area contributed by atoms with Gasteiger partial charge in [-0.25, -0.2) is 0 Å². The van der Waals surface area contributed by atoms with E-state index >= 15 is 0 Å². The molecule has 0 bridgehead atoms. The molecular formula is C23H21NO. The summed E-state index contributed by atoms with van der Waals surface area (Å²) in [5.74, 6) is 6.05. The lowest BCUT2D eigenvalue weighted by molar-refractivity contribution is 0.143. The Labute approximate surface area is 149 Å². The number of hydrogen-bond donors (Lipinski definition) is 1. The fourth-order valence-electron chi connectivity index (χ4n) is 2.58. The quantitative estimate of drug-likeness (QED) is 0.662. The highest BCUT2D eigenvalue weighted by molar-refractivity contribution is 5.80. The fraction of sp³-hybridized carbons (Fsp3) is 0.130. The van der Waals surface area contributed by atoms with Crippen LogP contribution in [0, 0.1) is 11.8 Å². The molecule has 1 N–H and O–H groups in total. The Morgan fingerprint density at radius 3 is 1.72 bits per heavy atom. The Morgan fingerprint density at radius 1 is 0.720 bits per heavy atom. The second-order valence-electron chi connectivity index (χ2n) is 6.33. The van der Waals surface area contributed by atoms with Crippen LogP contribution in [-0.2, 0) is 0 Å². The van der Waals surface area contributed by atoms with Crippen LogP contribution < -0.4 is 4.90 Å². The van der Waals surface area contributed by atoms with E-state index in [0.29, 0.717) is 0 Å². The van der Waals surface area contributed by atoms with Gasteiger partial charge in [-0.05, 0) is 50.2 Å². The van der Waals surface area contributed by atoms with Crippen molar-refractivity contribution in [2.75, 3.05) is 4.90 Å². The second-order valence-corrected chi connectivity index (χ2v) is 6.33. The van der Waals surface area contributed by atoms with Gasteiger partial charge in [0.05, 0.1) is 5.69 Å². The van der Waals surface area contributed by atoms with Gasteiger partial charge in [0.15, 0.2) is 0 Å². The third-order valence-corrected chi connectivity index (χ3v) is 3.68. The molecule has 0 saturated heterocycles. The smallest absolute Gasteiger partial charge is 0.120 e. The van der Waals surface area contributed by atoms with Crippen LogP contribution >= 0.6 is 0 Å². The van der Waals surface area contributed by atoms with Crippen molar-refractivity contribution in [3.63, 3.8) is 0 Å². The Kier molecular flexibility index (Phi) is 4.88. The van der Waals surface area contributed by atoms with Crippen LogP contribution in [0.5, 0.6) is 0 Å². The van der Waals surface area contributed by atoms with Crippen molar-refractivity contribution in [1.82, 2.24) is 0 Å². The van der Waals surface area contributed by atoms with Gasteiger partial charge in [-0.15, -0.1) is 0 Å². The zero-order valence-electron chi connectivity index (χ0n) is 14.5. The molecule has 3 rings (SSSR count). The number of hydrogen-bond acceptors (Lipinski definition) is 2. The lowest BCUT2D eigenvalue weighted by atomic mass is 10.1. The molecule has 0 aromatic heterocycles. The first kappa shape index (κ1) is 16.8. The average molecular weight is 327 g/mol. The summed E-state index contributed by atoms with van der Waals surface area (Å²) < 4.78 is 0. The summed E-state index contributed by atoms with van der Waals surface area (Å²) in [4.78, 5) is 2.17. The highest BCUT2D eigenvalue weighted by atomic mass is 16.3. The molecule has 0 atom stereocenters. The van der Waals surface area contributed by atoms with Crippen LogP contribution in [-0.4, -0.2) is 10.7 Å². The largest absolute Gasteiger partial charge is 0.378 e. The van der Waals surface area contributed by atoms with Gasteiger partial charge in [0.25, 0.3) is 0 Å². The van der Waals surface area contributed by atoms with Crippen molar-refractivity contribution in [2.24, 2.45) is 0 Å². The van der Waals surface area contributed by atoms with Crippen LogP contribution in [0.3, 0.4) is 0 Å². The molecule has 0 amide bonds. The van der Waals surface area contributed by atoms with E-state index in [1.54, 1.807) is 13.8 Å². The van der Waals surface area contributed by atoms with E-state index in [9.17, 15) is 5.11 Å². The number of benzene rings is 3. The molecule has 0 heterocycles. The van der Waals surface area contributed by atoms with Crippen molar-refractivity contribution in [3.05, 3.63) is 90.5 Å². The molecule has 0 aliphatic carbocycles. The Balaban J connectivity index is 2.17. The molecule has 3 aromatic rings. The van der Waals surface area contributed by atoms with E-state index < -0.39 is 5.60 Å². The third kappa shape index (κ3) is 4.29. The number of rotatable bonds is 3. The van der Waals surface area contributed by atoms with Gasteiger partial charge in [0, 0.05) is 16.9 Å². The number of nitrogens with zero attached hydrogens (tertiary/aromatic N) is 1. The van der Waals surface area contributed by atoms with Crippen LogP contribution in [0.4, 0.5) is 17.1 Å². The molecular weight excluding hydrogens is 306 g/mol. The molecule has 0 aliphatic rings. The van der Waals surface area contributed by atoms with Crippen molar-refractivity contribution in [1.29, 1.82) is 0 Å². The molecule has 25 heavy (non-hydrogen) atoms. The van der Waals surface area contributed by atoms with Gasteiger partial charge in [-0.3, -0.25) is 0 Å². The van der Waals surface area contributed by atoms with Gasteiger partial charge in [0.2, 0.25) is 0 Å². The standard InChI is InChI=1S/C23H21NO/c1-23(2,25)18-17-19-11-9-10-16-22(19)24(20-12-5-3-6-13-20)21-14-7-4-8-15-21/h3-16,25H,1-2H3. The number of para-hydroxylation sites is 3. The minimum Gasteiger partial charge on any atom is -0.378 e. The molecule has 0 saturated carbocycles. The van der Waals surface area contributed by atoms with Gasteiger partial charge < -0.3 is 10.0 Å². The summed E-state index contributed by atoms with van der Waals surface area (Å²) in [7, 11) is 0. The SMILES string of the molecule is CC(C)(O)C#Cc1ccccc1N(c1ccccc1)c1ccccc1. The normalized spacial score (nSPS) is 10.7. The van der Waals surface area contributed by atoms with Gasteiger partial charge in [0.1, 0.15) is 5.60 Å². The summed E-state index contributed by atoms with van der Waals surface area (Å²) in [5.41, 5.74) is 2.95. The van der Waals surface area contributed by atoms with Crippen molar-refractivity contribution in [2.45, 2.75) is 19.4 Å². The Hall–Kier alpha value is -3.02. The highest BCUT2D eigenvalue weighted by Gasteiger charge is 2.15. The molecule has 3 aromatic carbocycles. The zero-order chi connectivity index (χ0) is 17.7. The van der Waals surface area contributed by atoms with E-state index in [0.717, 1.165) is 22.6 Å². The fourth-order valence-corrected chi connectivity index (χ4v) is 2.58. The molecule has 0 unspecified atom stereocenters. The van der Waals surface area contributed by atoms with Crippen LogP contribution in [0.1, 0.15) is 19.4 Å². The third-order valence-electron chi connectivity index (χ3n) is 3.68. The monoisotopic (exact) mass is 327 g/mol. The van der Waals surface area contributed by atoms with E-state index in [2.05, 4.69) is 41.0 Å². The minimum atomic E-state index is -1.03. The first-order valence-corrected chi connectivity index (χ1v) is 8.29. The van der Waals surface area contributed by atoms with Crippen LogP contribution in [0.15, 0.2) is 84.9 Å². The number of anilines is 3. The van der Waals surface area contributed by atoms with E-state index in [4.69, 9.17) is 0 Å². The van der Waals surface area contributed by atoms with E-state index in [-0.39, 0.29) is 0 Å². The predicted molar refractivity (Wildman–Crippen MR) is 104 cm³/mol. The maximum absolute atomic E-state index is 9.96. The lowest BCUT2D eigenvalue weighted by Gasteiger charge is -2.26. The van der Waals surface area contributed by atoms with E-state index in [1.165, 1.54) is 0 Å². The first-order chi connectivity index (χ1) is 12.0. The average Bonchev–Trinajstić information content (AvgIpc) is 2.62. The first-order valence-electron chi connectivity index (χ1n) is 8.29. The topological polar surface area (TPSA) is 23.5 Å². The molecule has 0 aliphatic heterocycles. The van der Waals surface area contributed by atoms with E-state index in [1.807, 2.05) is 60.7 Å². The zero-order valence-corrected chi connectivity index (χ0v) is 14.5. The second kappa shape index (κ2) is 7.25. The molecule has 2 nitrogen and oxygen atoms in total. The molecule has 0 radical (unpaired) electrons. The summed E-state index contributed by atoms with van der Waals surface area (Å²) in [6, 6.07) is 28.4. The number of aliphatic hydroxyl groups is 1. The van der Waals surface area contributed by atoms with Crippen molar-refractivity contribution in [3.8, 4) is 11.8 Å². The maximum atomic E-state index is 9.96. The van der Waals surface area contributed by atoms with Crippen molar-refractivity contribution >= 4 is 17.1 Å². The Bertz CT molecular complexity index is 844. The van der Waals surface area contributed by atoms with Crippen LogP contribution in [0.2, 0.25) is 0 Å². The highest BCUT2D eigenvalue weighted by Crippen LogP contribution is 2.35. The maximum Gasteiger partial charge on any atom is 0.120 e. The summed E-state index contributed by atoms with van der Waals surface area (Å²) >= 11 is 0.